The Balaban J connectivity index is 3.95. The van der Waals surface area contributed by atoms with Crippen LogP contribution in [0, 0.1) is 9.85 Å². The SMILES string of the molecule is CCC(C)(C#CI)OCCO. The predicted molar refractivity (Wildman–Crippen MR) is 53.5 cm³/mol. The summed E-state index contributed by atoms with van der Waals surface area (Å²) in [4.78, 5) is 0. The summed E-state index contributed by atoms with van der Waals surface area (Å²) in [6, 6.07) is 0. The Morgan fingerprint density at radius 2 is 2.27 bits per heavy atom. The summed E-state index contributed by atoms with van der Waals surface area (Å²) < 4.78 is 8.12. The Labute approximate surface area is 81.5 Å². The first kappa shape index (κ1) is 11.2. The molecule has 0 saturated heterocycles. The van der Waals surface area contributed by atoms with Crippen molar-refractivity contribution in [3.63, 3.8) is 0 Å². The molecule has 0 aliphatic rings. The van der Waals surface area contributed by atoms with Crippen LogP contribution in [0.4, 0.5) is 0 Å². The van der Waals surface area contributed by atoms with Crippen LogP contribution in [0.25, 0.3) is 0 Å². The number of hydrogen-bond acceptors (Lipinski definition) is 2. The summed E-state index contributed by atoms with van der Waals surface area (Å²) in [5.74, 6) is 2.95. The van der Waals surface area contributed by atoms with E-state index in [-0.39, 0.29) is 12.2 Å². The van der Waals surface area contributed by atoms with Crippen molar-refractivity contribution in [1.29, 1.82) is 0 Å². The van der Waals surface area contributed by atoms with Crippen LogP contribution in [0.15, 0.2) is 0 Å². The molecule has 11 heavy (non-hydrogen) atoms. The second-order valence-corrected chi connectivity index (χ2v) is 2.92. The molecule has 2 nitrogen and oxygen atoms in total. The van der Waals surface area contributed by atoms with Gasteiger partial charge in [0.25, 0.3) is 0 Å². The molecule has 0 bridgehead atoms. The molecule has 1 unspecified atom stereocenters. The monoisotopic (exact) mass is 268 g/mol. The number of aliphatic hydroxyl groups is 1. The minimum absolute atomic E-state index is 0.0541. The van der Waals surface area contributed by atoms with Crippen molar-refractivity contribution in [2.45, 2.75) is 25.9 Å². The third-order valence-corrected chi connectivity index (χ3v) is 1.77. The number of rotatable bonds is 4. The van der Waals surface area contributed by atoms with Gasteiger partial charge in [-0.3, -0.25) is 0 Å². The van der Waals surface area contributed by atoms with Gasteiger partial charge in [-0.25, -0.2) is 0 Å². The van der Waals surface area contributed by atoms with E-state index < -0.39 is 0 Å². The third-order valence-electron chi connectivity index (χ3n) is 1.50. The van der Waals surface area contributed by atoms with Crippen LogP contribution in [0.3, 0.4) is 0 Å². The van der Waals surface area contributed by atoms with Crippen LogP contribution in [-0.4, -0.2) is 23.9 Å². The highest BCUT2D eigenvalue weighted by atomic mass is 127. The van der Waals surface area contributed by atoms with Crippen LogP contribution >= 0.6 is 22.6 Å². The van der Waals surface area contributed by atoms with E-state index in [4.69, 9.17) is 9.84 Å². The van der Waals surface area contributed by atoms with Crippen molar-refractivity contribution in [2.24, 2.45) is 0 Å². The molecule has 0 aliphatic carbocycles. The summed E-state index contributed by atoms with van der Waals surface area (Å²) >= 11 is 1.98. The molecular weight excluding hydrogens is 255 g/mol. The molecule has 0 amide bonds. The lowest BCUT2D eigenvalue weighted by molar-refractivity contribution is -0.00806. The summed E-state index contributed by atoms with van der Waals surface area (Å²) in [5, 5.41) is 8.52. The van der Waals surface area contributed by atoms with E-state index in [0.717, 1.165) is 6.42 Å². The first-order chi connectivity index (χ1) is 5.18. The smallest absolute Gasteiger partial charge is 0.126 e. The van der Waals surface area contributed by atoms with E-state index >= 15 is 0 Å². The standard InChI is InChI=1S/C8H13IO2/c1-3-8(2,4-5-9)11-7-6-10/h10H,3,6-7H2,1-2H3. The molecular formula is C8H13IO2. The maximum atomic E-state index is 8.52. The summed E-state index contributed by atoms with van der Waals surface area (Å²) in [6.07, 6.45) is 0.836. The molecule has 0 saturated carbocycles. The van der Waals surface area contributed by atoms with Crippen molar-refractivity contribution in [1.82, 2.24) is 0 Å². The van der Waals surface area contributed by atoms with Crippen molar-refractivity contribution < 1.29 is 9.84 Å². The number of aliphatic hydroxyl groups excluding tert-OH is 1. The maximum Gasteiger partial charge on any atom is 0.126 e. The molecule has 0 radical (unpaired) electrons. The van der Waals surface area contributed by atoms with Crippen LogP contribution in [-0.2, 0) is 4.74 Å². The van der Waals surface area contributed by atoms with Crippen LogP contribution in [0.1, 0.15) is 20.3 Å². The second kappa shape index (κ2) is 5.81. The molecule has 1 atom stereocenters. The lowest BCUT2D eigenvalue weighted by atomic mass is 10.1. The molecule has 64 valence electrons. The van der Waals surface area contributed by atoms with Crippen molar-refractivity contribution >= 4 is 22.6 Å². The second-order valence-electron chi connectivity index (χ2n) is 2.38. The van der Waals surface area contributed by atoms with Crippen LogP contribution in [0.2, 0.25) is 0 Å². The molecule has 0 heterocycles. The van der Waals surface area contributed by atoms with Crippen molar-refractivity contribution in [3.05, 3.63) is 0 Å². The Bertz CT molecular complexity index is 159. The zero-order valence-electron chi connectivity index (χ0n) is 6.85. The van der Waals surface area contributed by atoms with Gasteiger partial charge in [0.15, 0.2) is 0 Å². The molecule has 1 N–H and O–H groups in total. The number of hydrogen-bond donors (Lipinski definition) is 1. The van der Waals surface area contributed by atoms with Gasteiger partial charge >= 0.3 is 0 Å². The minimum Gasteiger partial charge on any atom is -0.394 e. The zero-order chi connectivity index (χ0) is 8.74. The zero-order valence-corrected chi connectivity index (χ0v) is 9.01. The first-order valence-corrected chi connectivity index (χ1v) is 4.64. The first-order valence-electron chi connectivity index (χ1n) is 3.56. The van der Waals surface area contributed by atoms with Crippen LogP contribution < -0.4 is 0 Å². The highest BCUT2D eigenvalue weighted by Crippen LogP contribution is 2.13. The van der Waals surface area contributed by atoms with Gasteiger partial charge in [0.05, 0.1) is 13.2 Å². The van der Waals surface area contributed by atoms with E-state index in [2.05, 4.69) is 9.85 Å². The van der Waals surface area contributed by atoms with E-state index in [1.165, 1.54) is 0 Å². The molecule has 3 heteroatoms. The van der Waals surface area contributed by atoms with Gasteiger partial charge < -0.3 is 9.84 Å². The molecule has 0 aromatic rings. The van der Waals surface area contributed by atoms with Gasteiger partial charge in [0, 0.05) is 22.6 Å². The third kappa shape index (κ3) is 4.62. The summed E-state index contributed by atoms with van der Waals surface area (Å²) in [5.41, 5.74) is -0.385. The fraction of sp³-hybridized carbons (Fsp3) is 0.750. The highest BCUT2D eigenvalue weighted by Gasteiger charge is 2.18. The van der Waals surface area contributed by atoms with Crippen molar-refractivity contribution in [3.8, 4) is 9.85 Å². The van der Waals surface area contributed by atoms with Gasteiger partial charge in [-0.05, 0) is 17.3 Å². The Hall–Kier alpha value is 0.210. The average molecular weight is 268 g/mol. The topological polar surface area (TPSA) is 29.5 Å². The predicted octanol–water partition coefficient (Wildman–Crippen LogP) is 1.56. The molecule has 0 aliphatic heterocycles. The average Bonchev–Trinajstić information content (AvgIpc) is 2.02. The Kier molecular flexibility index (Phi) is 5.92. The molecule has 0 rings (SSSR count). The molecule has 0 aromatic heterocycles. The quantitative estimate of drug-likeness (QED) is 0.619. The Morgan fingerprint density at radius 1 is 1.64 bits per heavy atom. The van der Waals surface area contributed by atoms with E-state index in [0.29, 0.717) is 6.61 Å². The Morgan fingerprint density at radius 3 is 2.64 bits per heavy atom. The fourth-order valence-corrected chi connectivity index (χ4v) is 1.17. The highest BCUT2D eigenvalue weighted by molar-refractivity contribution is 14.1. The van der Waals surface area contributed by atoms with E-state index in [1.54, 1.807) is 0 Å². The minimum atomic E-state index is -0.385. The van der Waals surface area contributed by atoms with Crippen LogP contribution in [0.5, 0.6) is 0 Å². The fourth-order valence-electron chi connectivity index (χ4n) is 0.597. The van der Waals surface area contributed by atoms with Gasteiger partial charge in [-0.15, -0.1) is 0 Å². The van der Waals surface area contributed by atoms with E-state index in [9.17, 15) is 0 Å². The summed E-state index contributed by atoms with van der Waals surface area (Å²) in [7, 11) is 0. The molecule has 0 aromatic carbocycles. The van der Waals surface area contributed by atoms with Crippen molar-refractivity contribution in [2.75, 3.05) is 13.2 Å². The van der Waals surface area contributed by atoms with E-state index in [1.807, 2.05) is 36.4 Å². The normalized spacial score (nSPS) is 14.9. The van der Waals surface area contributed by atoms with Gasteiger partial charge in [-0.2, -0.15) is 0 Å². The van der Waals surface area contributed by atoms with Gasteiger partial charge in [0.2, 0.25) is 0 Å². The lowest BCUT2D eigenvalue weighted by Crippen LogP contribution is -2.27. The molecule has 0 spiro atoms. The molecule has 0 fully saturated rings. The van der Waals surface area contributed by atoms with Gasteiger partial charge in [-0.1, -0.05) is 12.8 Å². The summed E-state index contributed by atoms with van der Waals surface area (Å²) in [6.45, 7) is 4.35. The number of ether oxygens (including phenoxy) is 1. The maximum absolute atomic E-state index is 8.52. The number of halogens is 1. The lowest BCUT2D eigenvalue weighted by Gasteiger charge is -2.21. The van der Waals surface area contributed by atoms with Gasteiger partial charge in [0.1, 0.15) is 5.60 Å². The largest absolute Gasteiger partial charge is 0.394 e.